The Morgan fingerprint density at radius 1 is 1.21 bits per heavy atom. The van der Waals surface area contributed by atoms with Crippen LogP contribution in [0.4, 0.5) is 0 Å². The first-order valence-electron chi connectivity index (χ1n) is 8.27. The Bertz CT molecular complexity index is 678. The first-order chi connectivity index (χ1) is 13.1. The van der Waals surface area contributed by atoms with Gasteiger partial charge in [-0.05, 0) is 6.92 Å². The molecule has 0 saturated heterocycles. The molecule has 4 atom stereocenters. The summed E-state index contributed by atoms with van der Waals surface area (Å²) >= 11 is 0. The number of aromatic amines is 1. The molecule has 0 aliphatic heterocycles. The summed E-state index contributed by atoms with van der Waals surface area (Å²) < 4.78 is 0. The van der Waals surface area contributed by atoms with Crippen molar-refractivity contribution >= 4 is 23.7 Å². The number of carboxylic acid groups (broad SMARTS) is 1. The lowest BCUT2D eigenvalue weighted by atomic mass is 10.1. The summed E-state index contributed by atoms with van der Waals surface area (Å²) in [5.74, 6) is -3.79. The summed E-state index contributed by atoms with van der Waals surface area (Å²) in [6.45, 7) is -0.0796. The van der Waals surface area contributed by atoms with E-state index in [0.29, 0.717) is 5.69 Å². The lowest BCUT2D eigenvalue weighted by molar-refractivity contribution is -0.142. The van der Waals surface area contributed by atoms with Crippen LogP contribution in [0.5, 0.6) is 0 Å². The smallest absolute Gasteiger partial charge is 0.328 e. The maximum atomic E-state index is 12.4. The topological polar surface area (TPSA) is 220 Å². The maximum absolute atomic E-state index is 12.4. The molecule has 0 radical (unpaired) electrons. The molecule has 1 rings (SSSR count). The Balaban J connectivity index is 2.72. The molecule has 0 aliphatic carbocycles. The number of carbonyl (C=O) groups excluding carboxylic acids is 3. The van der Waals surface area contributed by atoms with Crippen LogP contribution in [0, 0.1) is 0 Å². The number of aromatic nitrogens is 2. The summed E-state index contributed by atoms with van der Waals surface area (Å²) in [5.41, 5.74) is 6.06. The van der Waals surface area contributed by atoms with Crippen LogP contribution in [0.25, 0.3) is 0 Å². The van der Waals surface area contributed by atoms with E-state index >= 15 is 0 Å². The fourth-order valence-electron chi connectivity index (χ4n) is 2.03. The zero-order valence-corrected chi connectivity index (χ0v) is 15.1. The highest BCUT2D eigenvalue weighted by Crippen LogP contribution is 2.00. The van der Waals surface area contributed by atoms with Crippen molar-refractivity contribution in [3.63, 3.8) is 0 Å². The Kier molecular flexibility index (Phi) is 9.01. The molecule has 0 fully saturated rings. The van der Waals surface area contributed by atoms with Gasteiger partial charge in [0, 0.05) is 18.3 Å². The Labute approximate surface area is 159 Å². The molecule has 1 aromatic heterocycles. The first kappa shape index (κ1) is 23.0. The van der Waals surface area contributed by atoms with Gasteiger partial charge in [-0.25, -0.2) is 9.78 Å². The number of aliphatic hydroxyl groups excluding tert-OH is 2. The van der Waals surface area contributed by atoms with E-state index in [2.05, 4.69) is 20.6 Å². The third-order valence-corrected chi connectivity index (χ3v) is 3.67. The molecule has 0 saturated carbocycles. The predicted molar refractivity (Wildman–Crippen MR) is 93.5 cm³/mol. The van der Waals surface area contributed by atoms with Gasteiger partial charge in [-0.15, -0.1) is 0 Å². The summed E-state index contributed by atoms with van der Waals surface area (Å²) in [4.78, 5) is 53.5. The third kappa shape index (κ3) is 7.30. The van der Waals surface area contributed by atoms with Gasteiger partial charge in [-0.1, -0.05) is 0 Å². The van der Waals surface area contributed by atoms with E-state index in [4.69, 9.17) is 15.9 Å². The second-order valence-corrected chi connectivity index (χ2v) is 5.97. The van der Waals surface area contributed by atoms with Crippen LogP contribution in [-0.4, -0.2) is 86.4 Å². The van der Waals surface area contributed by atoms with Crippen molar-refractivity contribution in [2.24, 2.45) is 5.73 Å². The van der Waals surface area contributed by atoms with Crippen LogP contribution in [0.15, 0.2) is 12.5 Å². The number of carbonyl (C=O) groups is 4. The minimum absolute atomic E-state index is 0.000112. The number of H-pyrrole nitrogens is 1. The standard InChI is InChI=1S/C15H24N6O7/c1-7(23)12(16)14(26)21-9(2-8-3-17-6-19-8)13(25)18-4-11(24)20-10(5-22)15(27)28/h3,6-7,9-10,12,22-23H,2,4-5,16H2,1H3,(H,17,19)(H,18,25)(H,20,24)(H,21,26)(H,27,28). The van der Waals surface area contributed by atoms with Gasteiger partial charge in [0.05, 0.1) is 25.6 Å². The fraction of sp³-hybridized carbons (Fsp3) is 0.533. The van der Waals surface area contributed by atoms with Gasteiger partial charge in [0.1, 0.15) is 18.1 Å². The monoisotopic (exact) mass is 400 g/mol. The van der Waals surface area contributed by atoms with Crippen LogP contribution in [0.2, 0.25) is 0 Å². The van der Waals surface area contributed by atoms with E-state index in [0.717, 1.165) is 0 Å². The van der Waals surface area contributed by atoms with Gasteiger partial charge in [0.2, 0.25) is 17.7 Å². The third-order valence-electron chi connectivity index (χ3n) is 3.67. The van der Waals surface area contributed by atoms with E-state index in [9.17, 15) is 24.3 Å². The van der Waals surface area contributed by atoms with E-state index in [1.54, 1.807) is 0 Å². The lowest BCUT2D eigenvalue weighted by Crippen LogP contribution is -2.56. The number of nitrogens with one attached hydrogen (secondary N) is 4. The average Bonchev–Trinajstić information content (AvgIpc) is 3.15. The Hall–Kier alpha value is -3.03. The van der Waals surface area contributed by atoms with Gasteiger partial charge >= 0.3 is 5.97 Å². The molecule has 1 aromatic rings. The molecule has 156 valence electrons. The quantitative estimate of drug-likeness (QED) is 0.180. The highest BCUT2D eigenvalue weighted by atomic mass is 16.4. The highest BCUT2D eigenvalue weighted by molar-refractivity contribution is 5.92. The van der Waals surface area contributed by atoms with Crippen LogP contribution >= 0.6 is 0 Å². The van der Waals surface area contributed by atoms with Gasteiger partial charge in [-0.3, -0.25) is 14.4 Å². The van der Waals surface area contributed by atoms with Crippen molar-refractivity contribution < 1.29 is 34.5 Å². The summed E-state index contributed by atoms with van der Waals surface area (Å²) in [7, 11) is 0. The minimum Gasteiger partial charge on any atom is -0.480 e. The fourth-order valence-corrected chi connectivity index (χ4v) is 2.03. The van der Waals surface area contributed by atoms with Crippen molar-refractivity contribution in [3.05, 3.63) is 18.2 Å². The number of aliphatic carboxylic acids is 1. The molecule has 4 unspecified atom stereocenters. The van der Waals surface area contributed by atoms with E-state index in [-0.39, 0.29) is 6.42 Å². The maximum Gasteiger partial charge on any atom is 0.328 e. The van der Waals surface area contributed by atoms with Crippen LogP contribution in [0.3, 0.4) is 0 Å². The number of rotatable bonds is 11. The number of aliphatic hydroxyl groups is 2. The summed E-state index contributed by atoms with van der Waals surface area (Å²) in [5, 5.41) is 33.7. The Morgan fingerprint density at radius 2 is 1.89 bits per heavy atom. The minimum atomic E-state index is -1.51. The average molecular weight is 400 g/mol. The number of hydrogen-bond donors (Lipinski definition) is 8. The number of nitrogens with two attached hydrogens (primary N) is 1. The number of nitrogens with zero attached hydrogens (tertiary/aromatic N) is 1. The molecule has 0 aliphatic rings. The zero-order valence-electron chi connectivity index (χ0n) is 15.1. The molecule has 13 nitrogen and oxygen atoms in total. The number of hydrogen-bond acceptors (Lipinski definition) is 8. The molecule has 0 spiro atoms. The SMILES string of the molecule is CC(O)C(N)C(=O)NC(Cc1cnc[nH]1)C(=O)NCC(=O)NC(CO)C(=O)O. The van der Waals surface area contributed by atoms with Crippen molar-refractivity contribution in [2.75, 3.05) is 13.2 Å². The van der Waals surface area contributed by atoms with Crippen LogP contribution < -0.4 is 21.7 Å². The van der Waals surface area contributed by atoms with E-state index in [1.165, 1.54) is 19.4 Å². The number of carboxylic acids is 1. The molecular formula is C15H24N6O7. The van der Waals surface area contributed by atoms with Gasteiger partial charge in [-0.2, -0.15) is 0 Å². The zero-order chi connectivity index (χ0) is 21.3. The highest BCUT2D eigenvalue weighted by Gasteiger charge is 2.27. The molecule has 1 heterocycles. The van der Waals surface area contributed by atoms with Crippen molar-refractivity contribution in [3.8, 4) is 0 Å². The molecule has 28 heavy (non-hydrogen) atoms. The molecule has 0 bridgehead atoms. The second-order valence-electron chi connectivity index (χ2n) is 5.97. The van der Waals surface area contributed by atoms with Gasteiger partial charge in [0.15, 0.2) is 0 Å². The van der Waals surface area contributed by atoms with Gasteiger partial charge < -0.3 is 42.0 Å². The molecular weight excluding hydrogens is 376 g/mol. The summed E-state index contributed by atoms with van der Waals surface area (Å²) in [6, 6.07) is -3.91. The normalized spacial score (nSPS) is 15.0. The van der Waals surface area contributed by atoms with Crippen LogP contribution in [-0.2, 0) is 25.6 Å². The molecule has 0 aromatic carbocycles. The lowest BCUT2D eigenvalue weighted by Gasteiger charge is -2.21. The van der Waals surface area contributed by atoms with Crippen molar-refractivity contribution in [1.29, 1.82) is 0 Å². The summed E-state index contributed by atoms with van der Waals surface area (Å²) in [6.07, 6.45) is 1.67. The van der Waals surface area contributed by atoms with E-state index < -0.39 is 61.1 Å². The van der Waals surface area contributed by atoms with Gasteiger partial charge in [0.25, 0.3) is 0 Å². The van der Waals surface area contributed by atoms with Crippen molar-refractivity contribution in [1.82, 2.24) is 25.9 Å². The Morgan fingerprint density at radius 3 is 2.39 bits per heavy atom. The first-order valence-corrected chi connectivity index (χ1v) is 8.27. The molecule has 3 amide bonds. The van der Waals surface area contributed by atoms with Crippen LogP contribution in [0.1, 0.15) is 12.6 Å². The molecule has 13 heteroatoms. The number of amides is 3. The molecule has 9 N–H and O–H groups in total. The van der Waals surface area contributed by atoms with E-state index in [1.807, 2.05) is 5.32 Å². The predicted octanol–water partition coefficient (Wildman–Crippen LogP) is -4.18. The second kappa shape index (κ2) is 11.0. The van der Waals surface area contributed by atoms with Crippen molar-refractivity contribution in [2.45, 2.75) is 37.6 Å². The largest absolute Gasteiger partial charge is 0.480 e. The number of imidazole rings is 1.